The minimum absolute atomic E-state index is 0.0979. The number of hydrogen-bond donors (Lipinski definition) is 2. The van der Waals surface area contributed by atoms with Crippen LogP contribution in [0.15, 0.2) is 39.5 Å². The number of hydrogen-bond acceptors (Lipinski definition) is 7. The molecular formula is C20H18F3N3O3S2. The van der Waals surface area contributed by atoms with E-state index in [4.69, 9.17) is 0 Å². The lowest BCUT2D eigenvalue weighted by atomic mass is 9.94. The Morgan fingerprint density at radius 2 is 1.90 bits per heavy atom. The predicted molar refractivity (Wildman–Crippen MR) is 114 cm³/mol. The minimum atomic E-state index is -4.73. The molecule has 31 heavy (non-hydrogen) atoms. The first kappa shape index (κ1) is 21.8. The molecule has 1 saturated carbocycles. The molecule has 2 N–H and O–H groups in total. The number of amides is 1. The Bertz CT molecular complexity index is 1010. The molecular weight excluding hydrogens is 451 g/mol. The Hall–Kier alpha value is -2.37. The third kappa shape index (κ3) is 5.86. The molecule has 2 heterocycles. The maximum Gasteiger partial charge on any atom is 0.573 e. The van der Waals surface area contributed by atoms with Crippen LogP contribution in [0.25, 0.3) is 16.6 Å². The number of benzene rings is 1. The largest absolute Gasteiger partial charge is 0.573 e. The lowest BCUT2D eigenvalue weighted by molar-refractivity contribution is -0.274. The van der Waals surface area contributed by atoms with Gasteiger partial charge in [-0.15, -0.1) is 24.5 Å². The molecule has 1 aliphatic heterocycles. The molecule has 164 valence electrons. The number of nitrogens with zero attached hydrogens (tertiary/aromatic N) is 2. The van der Waals surface area contributed by atoms with Gasteiger partial charge >= 0.3 is 6.36 Å². The van der Waals surface area contributed by atoms with Crippen LogP contribution in [0.2, 0.25) is 0 Å². The number of aliphatic hydroxyl groups excluding tert-OH is 1. The Morgan fingerprint density at radius 3 is 2.58 bits per heavy atom. The first-order valence-corrected chi connectivity index (χ1v) is 11.2. The van der Waals surface area contributed by atoms with Crippen molar-refractivity contribution in [2.75, 3.05) is 0 Å². The van der Waals surface area contributed by atoms with Crippen molar-refractivity contribution < 1.29 is 27.8 Å². The van der Waals surface area contributed by atoms with Gasteiger partial charge in [0.25, 0.3) is 5.91 Å². The average Bonchev–Trinajstić information content (AvgIpc) is 3.30. The maximum absolute atomic E-state index is 12.3. The molecule has 0 radical (unpaired) electrons. The highest BCUT2D eigenvalue weighted by Gasteiger charge is 2.31. The number of rotatable bonds is 4. The number of halogens is 3. The van der Waals surface area contributed by atoms with Gasteiger partial charge in [0.1, 0.15) is 10.8 Å². The third-order valence-electron chi connectivity index (χ3n) is 4.75. The van der Waals surface area contributed by atoms with E-state index < -0.39 is 6.36 Å². The Kier molecular flexibility index (Phi) is 6.35. The molecule has 1 aliphatic carbocycles. The summed E-state index contributed by atoms with van der Waals surface area (Å²) >= 11 is 2.57. The summed E-state index contributed by atoms with van der Waals surface area (Å²) in [6.07, 6.45) is -0.313. The molecule has 1 saturated heterocycles. The first-order valence-electron chi connectivity index (χ1n) is 9.53. The number of aliphatic hydroxyl groups is 1. The summed E-state index contributed by atoms with van der Waals surface area (Å²) in [7, 11) is 0. The van der Waals surface area contributed by atoms with E-state index in [1.165, 1.54) is 47.4 Å². The molecule has 2 fully saturated rings. The Balaban J connectivity index is 1.42. The zero-order valence-electron chi connectivity index (χ0n) is 16.1. The van der Waals surface area contributed by atoms with Crippen LogP contribution in [0.3, 0.4) is 0 Å². The number of aliphatic imine (C=N–C) groups is 1. The molecule has 1 amide bonds. The number of aromatic nitrogens is 1. The molecule has 0 unspecified atom stereocenters. The molecule has 2 aromatic rings. The van der Waals surface area contributed by atoms with Crippen LogP contribution in [0.4, 0.5) is 13.2 Å². The second-order valence-corrected chi connectivity index (χ2v) is 9.00. The number of ether oxygens (including phenoxy) is 1. The Labute approximate surface area is 184 Å². The molecule has 0 spiro atoms. The van der Waals surface area contributed by atoms with Crippen LogP contribution in [-0.4, -0.2) is 39.7 Å². The van der Waals surface area contributed by atoms with Crippen molar-refractivity contribution in [3.63, 3.8) is 0 Å². The van der Waals surface area contributed by atoms with Crippen molar-refractivity contribution in [1.29, 1.82) is 0 Å². The lowest BCUT2D eigenvalue weighted by Gasteiger charge is -2.22. The summed E-state index contributed by atoms with van der Waals surface area (Å²) in [5.74, 6) is -0.545. The molecule has 2 aliphatic rings. The number of thioether (sulfide) groups is 1. The maximum atomic E-state index is 12.3. The second-order valence-electron chi connectivity index (χ2n) is 7.11. The van der Waals surface area contributed by atoms with Gasteiger partial charge in [-0.25, -0.2) is 4.98 Å². The van der Waals surface area contributed by atoms with E-state index in [1.54, 1.807) is 11.5 Å². The number of carbonyl (C=O) groups excluding carboxylic acids is 1. The third-order valence-corrected chi connectivity index (χ3v) is 6.59. The highest BCUT2D eigenvalue weighted by Crippen LogP contribution is 2.32. The van der Waals surface area contributed by atoms with Crippen molar-refractivity contribution in [2.45, 2.75) is 44.2 Å². The topological polar surface area (TPSA) is 83.8 Å². The zero-order valence-corrected chi connectivity index (χ0v) is 17.7. The van der Waals surface area contributed by atoms with E-state index >= 15 is 0 Å². The van der Waals surface area contributed by atoms with Crippen LogP contribution >= 0.6 is 23.1 Å². The van der Waals surface area contributed by atoms with Gasteiger partial charge in [-0.05, 0) is 67.8 Å². The molecule has 11 heteroatoms. The van der Waals surface area contributed by atoms with Crippen LogP contribution in [0, 0.1) is 0 Å². The highest BCUT2D eigenvalue weighted by atomic mass is 32.2. The average molecular weight is 470 g/mol. The summed E-state index contributed by atoms with van der Waals surface area (Å²) in [6, 6.07) is 5.56. The summed E-state index contributed by atoms with van der Waals surface area (Å²) in [5.41, 5.74) is 1.23. The number of alkyl halides is 3. The van der Waals surface area contributed by atoms with Crippen molar-refractivity contribution >= 4 is 40.2 Å². The van der Waals surface area contributed by atoms with E-state index in [1.807, 2.05) is 0 Å². The highest BCUT2D eigenvalue weighted by molar-refractivity contribution is 8.18. The van der Waals surface area contributed by atoms with Crippen LogP contribution in [0.1, 0.15) is 31.4 Å². The molecule has 1 aromatic carbocycles. The van der Waals surface area contributed by atoms with Crippen molar-refractivity contribution in [3.05, 3.63) is 40.2 Å². The van der Waals surface area contributed by atoms with E-state index in [0.29, 0.717) is 39.2 Å². The summed E-state index contributed by atoms with van der Waals surface area (Å²) in [6.45, 7) is 0. The van der Waals surface area contributed by atoms with Crippen molar-refractivity contribution in [3.8, 4) is 16.3 Å². The van der Waals surface area contributed by atoms with Gasteiger partial charge in [-0.2, -0.15) is 0 Å². The van der Waals surface area contributed by atoms with Crippen molar-refractivity contribution in [1.82, 2.24) is 10.3 Å². The molecule has 6 nitrogen and oxygen atoms in total. The summed E-state index contributed by atoms with van der Waals surface area (Å²) in [4.78, 5) is 21.8. The first-order chi connectivity index (χ1) is 14.7. The van der Waals surface area contributed by atoms with Crippen molar-refractivity contribution in [2.24, 2.45) is 4.99 Å². The smallest absolute Gasteiger partial charge is 0.406 e. The molecule has 0 bridgehead atoms. The van der Waals surface area contributed by atoms with Gasteiger partial charge in [0.15, 0.2) is 5.17 Å². The number of amidine groups is 1. The standard InChI is InChI=1S/C20H18F3N3O3S2/c21-20(22,23)29-15-7-1-11(2-8-15)18-24-13(10-30-18)9-16-17(28)26-19(31-16)25-12-3-5-14(27)6-4-12/h1-2,7-10,12,14,27H,3-6H2,(H,25,26,28)/b16-9-. The van der Waals surface area contributed by atoms with Gasteiger partial charge < -0.3 is 15.2 Å². The van der Waals surface area contributed by atoms with Gasteiger partial charge in [0.2, 0.25) is 0 Å². The number of nitrogens with one attached hydrogen (secondary N) is 1. The molecule has 1 aromatic heterocycles. The monoisotopic (exact) mass is 469 g/mol. The summed E-state index contributed by atoms with van der Waals surface area (Å²) < 4.78 is 40.7. The fourth-order valence-corrected chi connectivity index (χ4v) is 4.92. The fraction of sp³-hybridized carbons (Fsp3) is 0.350. The Morgan fingerprint density at radius 1 is 1.19 bits per heavy atom. The number of carbonyl (C=O) groups is 1. The van der Waals surface area contributed by atoms with E-state index in [9.17, 15) is 23.1 Å². The van der Waals surface area contributed by atoms with E-state index in [0.717, 1.165) is 12.8 Å². The van der Waals surface area contributed by atoms with Crippen LogP contribution in [-0.2, 0) is 4.79 Å². The molecule has 0 atom stereocenters. The van der Waals surface area contributed by atoms with Gasteiger partial charge in [0.05, 0.1) is 22.7 Å². The second kappa shape index (κ2) is 9.01. The van der Waals surface area contributed by atoms with Crippen LogP contribution < -0.4 is 10.1 Å². The van der Waals surface area contributed by atoms with E-state index in [-0.39, 0.29) is 23.8 Å². The molecule has 4 rings (SSSR count). The minimum Gasteiger partial charge on any atom is -0.406 e. The van der Waals surface area contributed by atoms with Gasteiger partial charge in [-0.1, -0.05) is 0 Å². The van der Waals surface area contributed by atoms with Gasteiger partial charge in [-0.3, -0.25) is 9.79 Å². The van der Waals surface area contributed by atoms with Crippen LogP contribution in [0.5, 0.6) is 5.75 Å². The number of thiazole rings is 1. The lowest BCUT2D eigenvalue weighted by Crippen LogP contribution is -2.25. The van der Waals surface area contributed by atoms with E-state index in [2.05, 4.69) is 20.0 Å². The normalized spacial score (nSPS) is 24.6. The zero-order chi connectivity index (χ0) is 22.0. The van der Waals surface area contributed by atoms with Gasteiger partial charge in [0, 0.05) is 10.9 Å². The predicted octanol–water partition coefficient (Wildman–Crippen LogP) is 4.57. The quantitative estimate of drug-likeness (QED) is 0.641. The SMILES string of the molecule is O=C1NC(=NC2CCC(O)CC2)S/C1=C\c1csc(-c2ccc(OC(F)(F)F)cc2)n1. The fourth-order valence-electron chi connectivity index (χ4n) is 3.26. The summed E-state index contributed by atoms with van der Waals surface area (Å²) in [5, 5.41) is 15.3.